The molecule has 0 radical (unpaired) electrons. The highest BCUT2D eigenvalue weighted by molar-refractivity contribution is 9.10. The molecule has 0 fully saturated rings. The standard InChI is InChI=1S/C29H30BrN3O5S/c1-3-20(2)31-28(35)25(17-21-10-5-4-6-11-21)32(18-22-12-9-13-23(30)16-22)27(34)19-33-29(36)24-14-7-8-15-26(24)39(33,37)38/h4-16,20,25H,3,17-19H2,1-2H3,(H,31,35)/t20-,25-/m1/s1. The predicted octanol–water partition coefficient (Wildman–Crippen LogP) is 4.15. The number of benzene rings is 3. The third kappa shape index (κ3) is 6.39. The van der Waals surface area contributed by atoms with Crippen molar-refractivity contribution in [3.8, 4) is 0 Å². The number of hydrogen-bond donors (Lipinski definition) is 1. The van der Waals surface area contributed by atoms with Crippen molar-refractivity contribution in [1.29, 1.82) is 0 Å². The molecule has 8 nitrogen and oxygen atoms in total. The molecule has 3 aromatic rings. The van der Waals surface area contributed by atoms with E-state index in [0.717, 1.165) is 15.6 Å². The summed E-state index contributed by atoms with van der Waals surface area (Å²) in [4.78, 5) is 41.8. The van der Waals surface area contributed by atoms with Crippen molar-refractivity contribution in [2.24, 2.45) is 0 Å². The van der Waals surface area contributed by atoms with Crippen LogP contribution in [0.25, 0.3) is 0 Å². The lowest BCUT2D eigenvalue weighted by atomic mass is 10.0. The van der Waals surface area contributed by atoms with Crippen LogP contribution in [0.5, 0.6) is 0 Å². The van der Waals surface area contributed by atoms with E-state index in [1.807, 2.05) is 68.4 Å². The molecular formula is C29H30BrN3O5S. The minimum absolute atomic E-state index is 0.0270. The average Bonchev–Trinajstić information content (AvgIpc) is 3.11. The highest BCUT2D eigenvalue weighted by atomic mass is 79.9. The zero-order chi connectivity index (χ0) is 28.2. The first-order valence-corrected chi connectivity index (χ1v) is 14.9. The number of nitrogens with one attached hydrogen (secondary N) is 1. The van der Waals surface area contributed by atoms with Crippen LogP contribution in [0.2, 0.25) is 0 Å². The van der Waals surface area contributed by atoms with Crippen molar-refractivity contribution in [1.82, 2.24) is 14.5 Å². The first kappa shape index (κ1) is 28.5. The number of fused-ring (bicyclic) bond motifs is 1. The maximum absolute atomic E-state index is 13.9. The molecule has 0 spiro atoms. The Morgan fingerprint density at radius 2 is 1.64 bits per heavy atom. The van der Waals surface area contributed by atoms with Gasteiger partial charge in [-0.1, -0.05) is 77.5 Å². The summed E-state index contributed by atoms with van der Waals surface area (Å²) in [6.07, 6.45) is 0.909. The fraction of sp³-hybridized carbons (Fsp3) is 0.276. The van der Waals surface area contributed by atoms with Crippen molar-refractivity contribution in [2.75, 3.05) is 6.54 Å². The number of carbonyl (C=O) groups excluding carboxylic acids is 3. The molecule has 3 aromatic carbocycles. The monoisotopic (exact) mass is 611 g/mol. The van der Waals surface area contributed by atoms with Gasteiger partial charge >= 0.3 is 0 Å². The van der Waals surface area contributed by atoms with E-state index in [2.05, 4.69) is 21.2 Å². The summed E-state index contributed by atoms with van der Waals surface area (Å²) < 4.78 is 27.8. The number of nitrogens with zero attached hydrogens (tertiary/aromatic N) is 2. The normalized spacial score (nSPS) is 15.4. The largest absolute Gasteiger partial charge is 0.352 e. The van der Waals surface area contributed by atoms with Crippen LogP contribution in [-0.2, 0) is 32.6 Å². The lowest BCUT2D eigenvalue weighted by molar-refractivity contribution is -0.141. The van der Waals surface area contributed by atoms with Crippen molar-refractivity contribution in [3.05, 3.63) is 100 Å². The van der Waals surface area contributed by atoms with Crippen molar-refractivity contribution in [2.45, 2.75) is 50.2 Å². The van der Waals surface area contributed by atoms with Crippen molar-refractivity contribution in [3.63, 3.8) is 0 Å². The molecule has 1 heterocycles. The molecule has 1 aliphatic heterocycles. The van der Waals surface area contributed by atoms with Gasteiger partial charge in [0.1, 0.15) is 17.5 Å². The van der Waals surface area contributed by atoms with Gasteiger partial charge in [-0.2, -0.15) is 0 Å². The summed E-state index contributed by atoms with van der Waals surface area (Å²) in [7, 11) is -4.20. The van der Waals surface area contributed by atoms with Gasteiger partial charge in [0.25, 0.3) is 15.9 Å². The highest BCUT2D eigenvalue weighted by Crippen LogP contribution is 2.30. The SMILES string of the molecule is CC[C@@H](C)NC(=O)[C@@H](Cc1ccccc1)N(Cc1cccc(Br)c1)C(=O)CN1C(=O)c2ccccc2S1(=O)=O. The molecule has 1 aliphatic rings. The van der Waals surface area contributed by atoms with Gasteiger partial charge in [-0.05, 0) is 48.7 Å². The summed E-state index contributed by atoms with van der Waals surface area (Å²) in [5.74, 6) is -1.76. The Morgan fingerprint density at radius 1 is 0.974 bits per heavy atom. The van der Waals surface area contributed by atoms with Gasteiger partial charge in [-0.3, -0.25) is 14.4 Å². The first-order valence-electron chi connectivity index (χ1n) is 12.7. The van der Waals surface area contributed by atoms with E-state index in [-0.39, 0.29) is 35.4 Å². The molecule has 0 aromatic heterocycles. The van der Waals surface area contributed by atoms with Gasteiger partial charge in [0.2, 0.25) is 11.8 Å². The predicted molar refractivity (Wildman–Crippen MR) is 151 cm³/mol. The molecule has 0 saturated carbocycles. The second-order valence-electron chi connectivity index (χ2n) is 9.49. The molecule has 3 amide bonds. The number of halogens is 1. The maximum atomic E-state index is 13.9. The first-order chi connectivity index (χ1) is 18.6. The molecule has 0 unspecified atom stereocenters. The van der Waals surface area contributed by atoms with Gasteiger partial charge in [0.15, 0.2) is 0 Å². The number of carbonyl (C=O) groups is 3. The summed E-state index contributed by atoms with van der Waals surface area (Å²) >= 11 is 3.45. The lowest BCUT2D eigenvalue weighted by Crippen LogP contribution is -2.54. The van der Waals surface area contributed by atoms with Crippen LogP contribution in [-0.4, -0.2) is 54.0 Å². The Balaban J connectivity index is 1.72. The molecular weight excluding hydrogens is 582 g/mol. The van der Waals surface area contributed by atoms with E-state index in [9.17, 15) is 22.8 Å². The Kier molecular flexibility index (Phi) is 8.87. The minimum Gasteiger partial charge on any atom is -0.352 e. The Hall–Kier alpha value is -3.50. The molecule has 4 rings (SSSR count). The van der Waals surface area contributed by atoms with E-state index >= 15 is 0 Å². The summed E-state index contributed by atoms with van der Waals surface area (Å²) in [6.45, 7) is 3.15. The summed E-state index contributed by atoms with van der Waals surface area (Å²) in [6, 6.07) is 21.4. The molecule has 1 N–H and O–H groups in total. The zero-order valence-corrected chi connectivity index (χ0v) is 24.1. The van der Waals surface area contributed by atoms with Gasteiger partial charge in [0, 0.05) is 23.5 Å². The molecule has 0 bridgehead atoms. The van der Waals surface area contributed by atoms with Gasteiger partial charge < -0.3 is 10.2 Å². The molecule has 0 saturated heterocycles. The minimum atomic E-state index is -4.20. The second kappa shape index (κ2) is 12.1. The molecule has 39 heavy (non-hydrogen) atoms. The Morgan fingerprint density at radius 3 is 2.31 bits per heavy atom. The number of hydrogen-bond acceptors (Lipinski definition) is 5. The summed E-state index contributed by atoms with van der Waals surface area (Å²) in [5.41, 5.74) is 1.61. The van der Waals surface area contributed by atoms with E-state index in [1.54, 1.807) is 6.07 Å². The van der Waals surface area contributed by atoms with Crippen LogP contribution in [0.3, 0.4) is 0 Å². The number of sulfonamides is 1. The third-order valence-electron chi connectivity index (χ3n) is 6.70. The Bertz CT molecular complexity index is 1480. The average molecular weight is 613 g/mol. The zero-order valence-electron chi connectivity index (χ0n) is 21.7. The van der Waals surface area contributed by atoms with E-state index in [4.69, 9.17) is 0 Å². The molecule has 10 heteroatoms. The summed E-state index contributed by atoms with van der Waals surface area (Å²) in [5, 5.41) is 2.97. The van der Waals surface area contributed by atoms with Crippen LogP contribution in [0, 0.1) is 0 Å². The van der Waals surface area contributed by atoms with Crippen molar-refractivity contribution < 1.29 is 22.8 Å². The fourth-order valence-electron chi connectivity index (χ4n) is 4.43. The number of rotatable bonds is 10. The Labute approximate surface area is 237 Å². The van der Waals surface area contributed by atoms with Crippen LogP contribution in [0.15, 0.2) is 88.2 Å². The van der Waals surface area contributed by atoms with Crippen LogP contribution < -0.4 is 5.32 Å². The van der Waals surface area contributed by atoms with Gasteiger partial charge in [-0.25, -0.2) is 12.7 Å². The molecule has 204 valence electrons. The molecule has 2 atom stereocenters. The van der Waals surface area contributed by atoms with E-state index < -0.39 is 34.4 Å². The van der Waals surface area contributed by atoms with E-state index in [0.29, 0.717) is 10.7 Å². The topological polar surface area (TPSA) is 104 Å². The third-order valence-corrected chi connectivity index (χ3v) is 8.99. The highest BCUT2D eigenvalue weighted by Gasteiger charge is 2.43. The van der Waals surface area contributed by atoms with Crippen LogP contribution >= 0.6 is 15.9 Å². The second-order valence-corrected chi connectivity index (χ2v) is 12.2. The van der Waals surface area contributed by atoms with Crippen LogP contribution in [0.1, 0.15) is 41.8 Å². The lowest BCUT2D eigenvalue weighted by Gasteiger charge is -2.33. The van der Waals surface area contributed by atoms with Crippen LogP contribution in [0.4, 0.5) is 0 Å². The quantitative estimate of drug-likeness (QED) is 0.371. The fourth-order valence-corrected chi connectivity index (χ4v) is 6.39. The maximum Gasteiger partial charge on any atom is 0.269 e. The van der Waals surface area contributed by atoms with Crippen molar-refractivity contribution >= 4 is 43.7 Å². The number of amides is 3. The van der Waals surface area contributed by atoms with Gasteiger partial charge in [-0.15, -0.1) is 0 Å². The molecule has 0 aliphatic carbocycles. The van der Waals surface area contributed by atoms with E-state index in [1.165, 1.54) is 23.1 Å². The smallest absolute Gasteiger partial charge is 0.269 e. The van der Waals surface area contributed by atoms with Gasteiger partial charge in [0.05, 0.1) is 5.56 Å².